The molecule has 1 aromatic rings. The Morgan fingerprint density at radius 1 is 1.31 bits per heavy atom. The first-order valence-electron chi connectivity index (χ1n) is 5.52. The van der Waals surface area contributed by atoms with E-state index in [-0.39, 0.29) is 5.91 Å². The molecule has 1 N–H and O–H groups in total. The average Bonchev–Trinajstić information content (AvgIpc) is 2.24. The van der Waals surface area contributed by atoms with Crippen molar-refractivity contribution < 1.29 is 4.79 Å². The molecule has 0 aliphatic heterocycles. The minimum Gasteiger partial charge on any atom is -0.356 e. The van der Waals surface area contributed by atoms with Crippen molar-refractivity contribution in [1.82, 2.24) is 5.32 Å². The second-order valence-electron chi connectivity index (χ2n) is 3.96. The molecule has 0 saturated carbocycles. The second-order valence-corrected chi connectivity index (χ2v) is 4.34. The van der Waals surface area contributed by atoms with Crippen LogP contribution in [0.1, 0.15) is 23.1 Å². The number of aryl methyl sites for hydroxylation is 2. The van der Waals surface area contributed by atoms with Crippen LogP contribution in [0.15, 0.2) is 18.2 Å². The van der Waals surface area contributed by atoms with Gasteiger partial charge < -0.3 is 5.32 Å². The first-order chi connectivity index (χ1) is 7.63. The zero-order valence-corrected chi connectivity index (χ0v) is 10.6. The fourth-order valence-corrected chi connectivity index (χ4v) is 1.65. The van der Waals surface area contributed by atoms with Crippen molar-refractivity contribution in [2.24, 2.45) is 0 Å². The Labute approximate surface area is 102 Å². The molecule has 0 aliphatic carbocycles. The van der Waals surface area contributed by atoms with Crippen LogP contribution in [-0.2, 0) is 11.2 Å². The molecule has 1 rings (SSSR count). The summed E-state index contributed by atoms with van der Waals surface area (Å²) in [5.74, 6) is 0.411. The predicted octanol–water partition coefficient (Wildman–Crippen LogP) is 2.59. The molecular formula is C13H18ClNO. The first-order valence-corrected chi connectivity index (χ1v) is 6.05. The summed E-state index contributed by atoms with van der Waals surface area (Å²) in [6.07, 6.45) is 1.27. The molecule has 0 saturated heterocycles. The summed E-state index contributed by atoms with van der Waals surface area (Å²) in [6, 6.07) is 6.39. The van der Waals surface area contributed by atoms with E-state index in [1.54, 1.807) is 0 Å². The van der Waals surface area contributed by atoms with Gasteiger partial charge in [-0.15, -0.1) is 11.6 Å². The summed E-state index contributed by atoms with van der Waals surface area (Å²) in [4.78, 5) is 11.2. The van der Waals surface area contributed by atoms with E-state index >= 15 is 0 Å². The molecule has 0 fully saturated rings. The Kier molecular flexibility index (Phi) is 5.33. The van der Waals surface area contributed by atoms with E-state index in [9.17, 15) is 4.79 Å². The lowest BCUT2D eigenvalue weighted by atomic mass is 10.0. The van der Waals surface area contributed by atoms with Crippen LogP contribution in [0.5, 0.6) is 0 Å². The van der Waals surface area contributed by atoms with Gasteiger partial charge in [0, 0.05) is 18.8 Å². The van der Waals surface area contributed by atoms with Gasteiger partial charge in [0.1, 0.15) is 0 Å². The van der Waals surface area contributed by atoms with Gasteiger partial charge in [-0.2, -0.15) is 0 Å². The van der Waals surface area contributed by atoms with E-state index in [0.29, 0.717) is 18.8 Å². The molecule has 1 amide bonds. The fourth-order valence-electron chi connectivity index (χ4n) is 1.48. The molecule has 0 heterocycles. The van der Waals surface area contributed by atoms with Gasteiger partial charge in [0.05, 0.1) is 0 Å². The Balaban J connectivity index is 2.37. The first kappa shape index (κ1) is 13.0. The zero-order chi connectivity index (χ0) is 12.0. The highest BCUT2D eigenvalue weighted by Gasteiger charge is 2.00. The molecule has 0 bridgehead atoms. The third-order valence-corrected chi connectivity index (χ3v) is 2.82. The van der Waals surface area contributed by atoms with Crippen molar-refractivity contribution in [1.29, 1.82) is 0 Å². The van der Waals surface area contributed by atoms with Crippen molar-refractivity contribution in [2.45, 2.75) is 26.7 Å². The summed E-state index contributed by atoms with van der Waals surface area (Å²) in [7, 11) is 0. The highest BCUT2D eigenvalue weighted by Crippen LogP contribution is 2.09. The van der Waals surface area contributed by atoms with Crippen molar-refractivity contribution in [2.75, 3.05) is 12.4 Å². The number of hydrogen-bond donors (Lipinski definition) is 1. The van der Waals surface area contributed by atoms with E-state index in [1.165, 1.54) is 16.7 Å². The summed E-state index contributed by atoms with van der Waals surface area (Å²) >= 11 is 5.47. The third kappa shape index (κ3) is 4.23. The smallest absolute Gasteiger partial charge is 0.221 e. The van der Waals surface area contributed by atoms with Gasteiger partial charge in [0.25, 0.3) is 0 Å². The number of nitrogens with one attached hydrogen (secondary N) is 1. The van der Waals surface area contributed by atoms with Crippen LogP contribution in [0.4, 0.5) is 0 Å². The standard InChI is InChI=1S/C13H18ClNO/c1-10-3-4-12(9-11(10)2)6-8-15-13(16)5-7-14/h3-4,9H,5-8H2,1-2H3,(H,15,16). The lowest BCUT2D eigenvalue weighted by molar-refractivity contribution is -0.120. The maximum Gasteiger partial charge on any atom is 0.221 e. The normalized spacial score (nSPS) is 10.2. The van der Waals surface area contributed by atoms with Gasteiger partial charge in [0.15, 0.2) is 0 Å². The molecule has 0 radical (unpaired) electrons. The Morgan fingerprint density at radius 2 is 2.06 bits per heavy atom. The van der Waals surface area contributed by atoms with Gasteiger partial charge in [-0.25, -0.2) is 0 Å². The van der Waals surface area contributed by atoms with Crippen molar-refractivity contribution >= 4 is 17.5 Å². The molecule has 0 unspecified atom stereocenters. The summed E-state index contributed by atoms with van der Waals surface area (Å²) in [5, 5.41) is 2.84. The van der Waals surface area contributed by atoms with Crippen LogP contribution < -0.4 is 5.32 Å². The number of hydrogen-bond acceptors (Lipinski definition) is 1. The highest BCUT2D eigenvalue weighted by atomic mass is 35.5. The molecule has 2 nitrogen and oxygen atoms in total. The van der Waals surface area contributed by atoms with E-state index < -0.39 is 0 Å². The van der Waals surface area contributed by atoms with Gasteiger partial charge in [-0.3, -0.25) is 4.79 Å². The number of carbonyl (C=O) groups is 1. The molecule has 0 aliphatic rings. The predicted molar refractivity (Wildman–Crippen MR) is 68.0 cm³/mol. The molecule has 0 spiro atoms. The van der Waals surface area contributed by atoms with Crippen LogP contribution in [0.2, 0.25) is 0 Å². The van der Waals surface area contributed by atoms with E-state index in [2.05, 4.69) is 37.4 Å². The maximum atomic E-state index is 11.2. The Hall–Kier alpha value is -1.02. The van der Waals surface area contributed by atoms with Crippen LogP contribution in [0, 0.1) is 13.8 Å². The highest BCUT2D eigenvalue weighted by molar-refractivity contribution is 6.18. The van der Waals surface area contributed by atoms with Crippen molar-refractivity contribution in [3.05, 3.63) is 34.9 Å². The molecule has 1 aromatic carbocycles. The zero-order valence-electron chi connectivity index (χ0n) is 9.85. The summed E-state index contributed by atoms with van der Waals surface area (Å²) in [5.41, 5.74) is 3.86. The number of halogens is 1. The van der Waals surface area contributed by atoms with Gasteiger partial charge in [0.2, 0.25) is 5.91 Å². The minimum absolute atomic E-state index is 0.0267. The molecule has 88 valence electrons. The topological polar surface area (TPSA) is 29.1 Å². The number of rotatable bonds is 5. The molecule has 0 aromatic heterocycles. The molecule has 0 atom stereocenters. The quantitative estimate of drug-likeness (QED) is 0.787. The van der Waals surface area contributed by atoms with Gasteiger partial charge in [-0.05, 0) is 37.0 Å². The van der Waals surface area contributed by atoms with Crippen molar-refractivity contribution in [3.8, 4) is 0 Å². The van der Waals surface area contributed by atoms with Crippen LogP contribution in [0.3, 0.4) is 0 Å². The lowest BCUT2D eigenvalue weighted by Crippen LogP contribution is -2.25. The molecule has 3 heteroatoms. The number of carbonyl (C=O) groups excluding carboxylic acids is 1. The van der Waals surface area contributed by atoms with Crippen LogP contribution in [-0.4, -0.2) is 18.3 Å². The lowest BCUT2D eigenvalue weighted by Gasteiger charge is -2.06. The minimum atomic E-state index is 0.0267. The Morgan fingerprint density at radius 3 is 2.69 bits per heavy atom. The number of amides is 1. The Bertz CT molecular complexity index is 363. The monoisotopic (exact) mass is 239 g/mol. The number of alkyl halides is 1. The number of benzene rings is 1. The fraction of sp³-hybridized carbons (Fsp3) is 0.462. The third-order valence-electron chi connectivity index (χ3n) is 2.63. The van der Waals surface area contributed by atoms with Gasteiger partial charge in [-0.1, -0.05) is 18.2 Å². The maximum absolute atomic E-state index is 11.2. The SMILES string of the molecule is Cc1ccc(CCNC(=O)CCCl)cc1C. The van der Waals surface area contributed by atoms with E-state index in [0.717, 1.165) is 6.42 Å². The second kappa shape index (κ2) is 6.54. The van der Waals surface area contributed by atoms with E-state index in [1.807, 2.05) is 0 Å². The molecular weight excluding hydrogens is 222 g/mol. The average molecular weight is 240 g/mol. The van der Waals surface area contributed by atoms with Crippen LogP contribution >= 0.6 is 11.6 Å². The summed E-state index contributed by atoms with van der Waals surface area (Å²) in [6.45, 7) is 4.88. The largest absolute Gasteiger partial charge is 0.356 e. The van der Waals surface area contributed by atoms with Crippen LogP contribution in [0.25, 0.3) is 0 Å². The van der Waals surface area contributed by atoms with Crippen molar-refractivity contribution in [3.63, 3.8) is 0 Å². The van der Waals surface area contributed by atoms with Gasteiger partial charge >= 0.3 is 0 Å². The van der Waals surface area contributed by atoms with E-state index in [4.69, 9.17) is 11.6 Å². The summed E-state index contributed by atoms with van der Waals surface area (Å²) < 4.78 is 0. The molecule has 16 heavy (non-hydrogen) atoms.